The zero-order chi connectivity index (χ0) is 23.8. The molecule has 0 unspecified atom stereocenters. The highest BCUT2D eigenvalue weighted by molar-refractivity contribution is 8.26. The van der Waals surface area contributed by atoms with E-state index in [4.69, 9.17) is 21.9 Å². The molecule has 0 saturated carbocycles. The van der Waals surface area contributed by atoms with Gasteiger partial charge in [0.25, 0.3) is 11.5 Å². The van der Waals surface area contributed by atoms with Gasteiger partial charge in [0.2, 0.25) is 0 Å². The van der Waals surface area contributed by atoms with E-state index in [0.717, 1.165) is 42.8 Å². The number of aromatic nitrogens is 2. The predicted octanol–water partition coefficient (Wildman–Crippen LogP) is 4.01. The van der Waals surface area contributed by atoms with Gasteiger partial charge in [-0.15, -0.1) is 0 Å². The van der Waals surface area contributed by atoms with Crippen molar-refractivity contribution in [3.8, 4) is 5.75 Å². The van der Waals surface area contributed by atoms with E-state index in [9.17, 15) is 9.59 Å². The summed E-state index contributed by atoms with van der Waals surface area (Å²) in [5.74, 6) is 1.19. The number of carbonyl (C=O) groups excluding carboxylic acids is 1. The zero-order valence-corrected chi connectivity index (χ0v) is 20.6. The lowest BCUT2D eigenvalue weighted by Crippen LogP contribution is -2.28. The van der Waals surface area contributed by atoms with E-state index in [-0.39, 0.29) is 11.5 Å². The van der Waals surface area contributed by atoms with Gasteiger partial charge in [0.15, 0.2) is 0 Å². The molecular formula is C25H24N4O3S2. The van der Waals surface area contributed by atoms with Gasteiger partial charge < -0.3 is 9.64 Å². The van der Waals surface area contributed by atoms with Gasteiger partial charge in [-0.05, 0) is 55.2 Å². The first kappa shape index (κ1) is 22.6. The SMILES string of the molecule is COc1ccc(CN2C(=O)/C(=C/c3c(N4CCCC4)nc4c(C)cccn4c3=O)SC2=S)cc1. The van der Waals surface area contributed by atoms with Gasteiger partial charge in [0.1, 0.15) is 21.5 Å². The molecule has 0 bridgehead atoms. The van der Waals surface area contributed by atoms with E-state index in [1.165, 1.54) is 11.8 Å². The van der Waals surface area contributed by atoms with E-state index in [2.05, 4.69) is 4.90 Å². The Morgan fingerprint density at radius 1 is 1.15 bits per heavy atom. The van der Waals surface area contributed by atoms with Gasteiger partial charge in [0, 0.05) is 19.3 Å². The maximum atomic E-state index is 13.5. The number of carbonyl (C=O) groups is 1. The van der Waals surface area contributed by atoms with Crippen LogP contribution in [0.15, 0.2) is 52.3 Å². The fraction of sp³-hybridized carbons (Fsp3) is 0.280. The van der Waals surface area contributed by atoms with Crippen LogP contribution in [0, 0.1) is 6.92 Å². The Balaban J connectivity index is 1.54. The number of rotatable bonds is 5. The number of thioether (sulfide) groups is 1. The first-order valence-corrected chi connectivity index (χ1v) is 12.3. The van der Waals surface area contributed by atoms with Crippen molar-refractivity contribution >= 4 is 51.7 Å². The van der Waals surface area contributed by atoms with Gasteiger partial charge in [0.05, 0.1) is 24.1 Å². The third-order valence-corrected chi connectivity index (χ3v) is 7.50. The summed E-state index contributed by atoms with van der Waals surface area (Å²) >= 11 is 6.74. The highest BCUT2D eigenvalue weighted by Crippen LogP contribution is 2.35. The van der Waals surface area contributed by atoms with Crippen LogP contribution in [-0.2, 0) is 11.3 Å². The number of anilines is 1. The molecule has 34 heavy (non-hydrogen) atoms. The molecule has 0 spiro atoms. The van der Waals surface area contributed by atoms with Crippen molar-refractivity contribution in [3.05, 3.63) is 74.5 Å². The van der Waals surface area contributed by atoms with Gasteiger partial charge >= 0.3 is 0 Å². The number of pyridine rings is 1. The Morgan fingerprint density at radius 3 is 2.59 bits per heavy atom. The lowest BCUT2D eigenvalue weighted by Gasteiger charge is -2.20. The lowest BCUT2D eigenvalue weighted by atomic mass is 10.2. The number of benzene rings is 1. The molecule has 2 aliphatic heterocycles. The standard InChI is InChI=1S/C25H24N4O3S2/c1-16-6-5-13-28-21(16)26-22(27-11-3-4-12-27)19(23(28)30)14-20-24(31)29(25(33)34-20)15-17-7-9-18(32-2)10-8-17/h5-10,13-14H,3-4,11-12,15H2,1-2H3/b20-14-. The maximum absolute atomic E-state index is 13.5. The summed E-state index contributed by atoms with van der Waals surface area (Å²) in [6, 6.07) is 11.3. The summed E-state index contributed by atoms with van der Waals surface area (Å²) in [5.41, 5.74) is 2.75. The molecule has 2 fully saturated rings. The number of thiocarbonyl (C=S) groups is 1. The van der Waals surface area contributed by atoms with Gasteiger partial charge in [-0.1, -0.05) is 42.2 Å². The lowest BCUT2D eigenvalue weighted by molar-refractivity contribution is -0.122. The molecule has 9 heteroatoms. The van der Waals surface area contributed by atoms with Crippen LogP contribution in [0.1, 0.15) is 29.5 Å². The minimum Gasteiger partial charge on any atom is -0.497 e. The molecule has 2 aliphatic rings. The molecule has 4 heterocycles. The molecule has 2 saturated heterocycles. The molecule has 0 N–H and O–H groups in total. The van der Waals surface area contributed by atoms with Crippen LogP contribution in [0.5, 0.6) is 5.75 Å². The van der Waals surface area contributed by atoms with Crippen LogP contribution in [0.4, 0.5) is 5.82 Å². The Labute approximate surface area is 207 Å². The van der Waals surface area contributed by atoms with E-state index in [1.807, 2.05) is 43.3 Å². The Hall–Kier alpha value is -3.17. The minimum absolute atomic E-state index is 0.184. The van der Waals surface area contributed by atoms with Crippen molar-refractivity contribution in [2.75, 3.05) is 25.1 Å². The normalized spacial score (nSPS) is 17.4. The highest BCUT2D eigenvalue weighted by atomic mass is 32.2. The van der Waals surface area contributed by atoms with E-state index >= 15 is 0 Å². The summed E-state index contributed by atoms with van der Waals surface area (Å²) in [5, 5.41) is 0. The van der Waals surface area contributed by atoms with Crippen LogP contribution < -0.4 is 15.2 Å². The second-order valence-corrected chi connectivity index (χ2v) is 10.0. The molecule has 2 aromatic heterocycles. The second-order valence-electron chi connectivity index (χ2n) is 8.35. The molecule has 0 aliphatic carbocycles. The van der Waals surface area contributed by atoms with Crippen molar-refractivity contribution in [1.29, 1.82) is 0 Å². The quantitative estimate of drug-likeness (QED) is 0.394. The average Bonchev–Trinajstić information content (AvgIpc) is 3.46. The number of nitrogens with zero attached hydrogens (tertiary/aromatic N) is 4. The number of hydrogen-bond donors (Lipinski definition) is 0. The maximum Gasteiger partial charge on any atom is 0.267 e. The van der Waals surface area contributed by atoms with E-state index < -0.39 is 0 Å². The van der Waals surface area contributed by atoms with Crippen LogP contribution in [0.2, 0.25) is 0 Å². The Morgan fingerprint density at radius 2 is 1.88 bits per heavy atom. The number of amides is 1. The van der Waals surface area contributed by atoms with Crippen molar-refractivity contribution in [2.45, 2.75) is 26.3 Å². The highest BCUT2D eigenvalue weighted by Gasteiger charge is 2.33. The second kappa shape index (κ2) is 9.23. The fourth-order valence-corrected chi connectivity index (χ4v) is 5.51. The summed E-state index contributed by atoms with van der Waals surface area (Å²) in [6.07, 6.45) is 5.50. The number of fused-ring (bicyclic) bond motifs is 1. The molecule has 0 radical (unpaired) electrons. The first-order chi connectivity index (χ1) is 16.5. The van der Waals surface area contributed by atoms with Crippen molar-refractivity contribution < 1.29 is 9.53 Å². The van der Waals surface area contributed by atoms with Gasteiger partial charge in [-0.2, -0.15) is 0 Å². The molecule has 1 aromatic carbocycles. The molecule has 3 aromatic rings. The summed E-state index contributed by atoms with van der Waals surface area (Å²) in [4.78, 5) is 35.8. The Bertz CT molecular complexity index is 1380. The molecule has 5 rings (SSSR count). The molecular weight excluding hydrogens is 468 g/mol. The number of ether oxygens (including phenoxy) is 1. The third-order valence-electron chi connectivity index (χ3n) is 6.12. The predicted molar refractivity (Wildman–Crippen MR) is 139 cm³/mol. The zero-order valence-electron chi connectivity index (χ0n) is 19.0. The van der Waals surface area contributed by atoms with Gasteiger partial charge in [-0.3, -0.25) is 18.9 Å². The number of hydrogen-bond acceptors (Lipinski definition) is 7. The van der Waals surface area contributed by atoms with Crippen molar-refractivity contribution in [2.24, 2.45) is 0 Å². The van der Waals surface area contributed by atoms with Crippen LogP contribution in [-0.4, -0.2) is 44.7 Å². The number of methoxy groups -OCH3 is 1. The van der Waals surface area contributed by atoms with E-state index in [1.54, 1.807) is 28.7 Å². The number of aryl methyl sites for hydroxylation is 1. The summed E-state index contributed by atoms with van der Waals surface area (Å²) < 4.78 is 7.23. The van der Waals surface area contributed by atoms with E-state index in [0.29, 0.717) is 32.8 Å². The summed E-state index contributed by atoms with van der Waals surface area (Å²) in [7, 11) is 1.61. The minimum atomic E-state index is -0.202. The Kier molecular flexibility index (Phi) is 6.14. The molecule has 174 valence electrons. The monoisotopic (exact) mass is 492 g/mol. The van der Waals surface area contributed by atoms with Crippen LogP contribution >= 0.6 is 24.0 Å². The molecule has 1 amide bonds. The third kappa shape index (κ3) is 4.10. The van der Waals surface area contributed by atoms with Gasteiger partial charge in [-0.25, -0.2) is 4.98 Å². The topological polar surface area (TPSA) is 67.2 Å². The first-order valence-electron chi connectivity index (χ1n) is 11.1. The molecule has 0 atom stereocenters. The van der Waals surface area contributed by atoms with Crippen molar-refractivity contribution in [3.63, 3.8) is 0 Å². The van der Waals surface area contributed by atoms with Crippen LogP contribution in [0.3, 0.4) is 0 Å². The summed E-state index contributed by atoms with van der Waals surface area (Å²) in [6.45, 7) is 3.99. The van der Waals surface area contributed by atoms with Crippen molar-refractivity contribution in [1.82, 2.24) is 14.3 Å². The van der Waals surface area contributed by atoms with Crippen LogP contribution in [0.25, 0.3) is 11.7 Å². The smallest absolute Gasteiger partial charge is 0.267 e. The molecule has 7 nitrogen and oxygen atoms in total. The average molecular weight is 493 g/mol. The fourth-order valence-electron chi connectivity index (χ4n) is 4.28. The largest absolute Gasteiger partial charge is 0.497 e.